The number of anilines is 1. The van der Waals surface area contributed by atoms with Crippen LogP contribution < -0.4 is 16.8 Å². The number of nitrogens with one attached hydrogen (secondary N) is 1. The second-order valence-corrected chi connectivity index (χ2v) is 5.40. The summed E-state index contributed by atoms with van der Waals surface area (Å²) in [7, 11) is 0. The minimum absolute atomic E-state index is 0.0109. The highest BCUT2D eigenvalue weighted by atomic mass is 32.1. The maximum atomic E-state index is 11.6. The molecule has 1 aromatic carbocycles. The van der Waals surface area contributed by atoms with E-state index in [9.17, 15) is 4.79 Å². The van der Waals surface area contributed by atoms with Crippen LogP contribution in [0.4, 0.5) is 10.8 Å². The van der Waals surface area contributed by atoms with Gasteiger partial charge in [-0.1, -0.05) is 6.07 Å². The van der Waals surface area contributed by atoms with Crippen LogP contribution in [0, 0.1) is 0 Å². The Hall–Kier alpha value is -2.41. The third-order valence-corrected chi connectivity index (χ3v) is 3.92. The quantitative estimate of drug-likeness (QED) is 0.578. The van der Waals surface area contributed by atoms with Crippen LogP contribution in [0.1, 0.15) is 18.4 Å². The standard InChI is InChI=1S/C13H13N5OS/c1-6-8-4-7(2-3-9(8)16-11(6)19)10-5-20-13(17-10)18-12(14)15/h2-6H,1H3,(H,16,19)(H4,14,15,17,18). The van der Waals surface area contributed by atoms with Gasteiger partial charge in [0.2, 0.25) is 11.0 Å². The van der Waals surface area contributed by atoms with E-state index >= 15 is 0 Å². The topological polar surface area (TPSA) is 106 Å². The number of aromatic nitrogens is 1. The number of amides is 1. The maximum Gasteiger partial charge on any atom is 0.231 e. The number of hydrogen-bond donors (Lipinski definition) is 3. The first kappa shape index (κ1) is 12.6. The lowest BCUT2D eigenvalue weighted by Gasteiger charge is -2.03. The van der Waals surface area contributed by atoms with Crippen molar-refractivity contribution in [3.05, 3.63) is 29.1 Å². The molecule has 7 heteroatoms. The molecule has 2 heterocycles. The Labute approximate surface area is 119 Å². The zero-order valence-corrected chi connectivity index (χ0v) is 11.6. The summed E-state index contributed by atoms with van der Waals surface area (Å²) < 4.78 is 0. The highest BCUT2D eigenvalue weighted by Gasteiger charge is 2.26. The van der Waals surface area contributed by atoms with Crippen molar-refractivity contribution >= 4 is 34.0 Å². The summed E-state index contributed by atoms with van der Waals surface area (Å²) in [5.41, 5.74) is 14.3. The number of nitrogens with zero attached hydrogens (tertiary/aromatic N) is 2. The molecular weight excluding hydrogens is 274 g/mol. The monoisotopic (exact) mass is 287 g/mol. The van der Waals surface area contributed by atoms with Crippen LogP contribution >= 0.6 is 11.3 Å². The molecule has 0 saturated heterocycles. The van der Waals surface area contributed by atoms with E-state index < -0.39 is 0 Å². The molecule has 1 atom stereocenters. The number of carbonyl (C=O) groups is 1. The van der Waals surface area contributed by atoms with Gasteiger partial charge in [0.15, 0.2) is 5.96 Å². The molecule has 1 aliphatic heterocycles. The Balaban J connectivity index is 1.98. The fraction of sp³-hybridized carbons (Fsp3) is 0.154. The van der Waals surface area contributed by atoms with Gasteiger partial charge >= 0.3 is 0 Å². The van der Waals surface area contributed by atoms with Crippen molar-refractivity contribution in [1.82, 2.24) is 4.98 Å². The normalized spacial score (nSPS) is 16.6. The van der Waals surface area contributed by atoms with E-state index in [1.54, 1.807) is 0 Å². The lowest BCUT2D eigenvalue weighted by atomic mass is 10.00. The highest BCUT2D eigenvalue weighted by Crippen LogP contribution is 2.36. The molecule has 5 N–H and O–H groups in total. The van der Waals surface area contributed by atoms with Crippen LogP contribution in [0.3, 0.4) is 0 Å². The van der Waals surface area contributed by atoms with Crippen molar-refractivity contribution < 1.29 is 4.79 Å². The molecule has 0 fully saturated rings. The Morgan fingerprint density at radius 3 is 3.00 bits per heavy atom. The minimum Gasteiger partial charge on any atom is -0.370 e. The predicted octanol–water partition coefficient (Wildman–Crippen LogP) is 1.77. The van der Waals surface area contributed by atoms with E-state index in [4.69, 9.17) is 11.5 Å². The van der Waals surface area contributed by atoms with Crippen molar-refractivity contribution in [3.8, 4) is 11.3 Å². The first-order valence-electron chi connectivity index (χ1n) is 6.05. The predicted molar refractivity (Wildman–Crippen MR) is 80.1 cm³/mol. The molecule has 0 bridgehead atoms. The highest BCUT2D eigenvalue weighted by molar-refractivity contribution is 7.13. The largest absolute Gasteiger partial charge is 0.370 e. The Kier molecular flexibility index (Phi) is 2.90. The van der Waals surface area contributed by atoms with Crippen LogP contribution in [-0.4, -0.2) is 16.9 Å². The number of guanidine groups is 1. The van der Waals surface area contributed by atoms with E-state index in [1.165, 1.54) is 11.3 Å². The molecule has 0 spiro atoms. The fourth-order valence-corrected chi connectivity index (χ4v) is 2.85. The summed E-state index contributed by atoms with van der Waals surface area (Å²) in [6.45, 7) is 1.89. The minimum atomic E-state index is -0.138. The molecule has 20 heavy (non-hydrogen) atoms. The first-order valence-corrected chi connectivity index (χ1v) is 6.93. The van der Waals surface area contributed by atoms with E-state index in [0.717, 1.165) is 22.5 Å². The number of aliphatic imine (C=N–C) groups is 1. The zero-order chi connectivity index (χ0) is 14.3. The molecule has 1 aliphatic rings. The van der Waals surface area contributed by atoms with Gasteiger partial charge in [-0.25, -0.2) is 4.98 Å². The van der Waals surface area contributed by atoms with E-state index in [-0.39, 0.29) is 17.8 Å². The van der Waals surface area contributed by atoms with Crippen molar-refractivity contribution in [2.24, 2.45) is 16.5 Å². The fourth-order valence-electron chi connectivity index (χ4n) is 2.14. The summed E-state index contributed by atoms with van der Waals surface area (Å²) in [5.74, 6) is -0.124. The molecule has 6 nitrogen and oxygen atoms in total. The Bertz CT molecular complexity index is 717. The first-order chi connectivity index (χ1) is 9.54. The van der Waals surface area contributed by atoms with E-state index in [0.29, 0.717) is 5.13 Å². The van der Waals surface area contributed by atoms with E-state index in [2.05, 4.69) is 15.3 Å². The maximum absolute atomic E-state index is 11.6. The number of nitrogens with two attached hydrogens (primary N) is 2. The van der Waals surface area contributed by atoms with Crippen molar-refractivity contribution in [2.45, 2.75) is 12.8 Å². The molecule has 1 aromatic heterocycles. The average Bonchev–Trinajstić information content (AvgIpc) is 2.95. The molecular formula is C13H13N5OS. The number of thiazole rings is 1. The Morgan fingerprint density at radius 2 is 2.25 bits per heavy atom. The van der Waals surface area contributed by atoms with Gasteiger partial charge in [-0.15, -0.1) is 11.3 Å². The number of fused-ring (bicyclic) bond motifs is 1. The third-order valence-electron chi connectivity index (χ3n) is 3.18. The Morgan fingerprint density at radius 1 is 1.45 bits per heavy atom. The molecule has 0 radical (unpaired) electrons. The van der Waals surface area contributed by atoms with Crippen LogP contribution in [0.25, 0.3) is 11.3 Å². The molecule has 102 valence electrons. The SMILES string of the molecule is CC1C(=O)Nc2ccc(-c3csc(N=C(N)N)n3)cc21. The van der Waals surface area contributed by atoms with Gasteiger partial charge in [0.1, 0.15) is 0 Å². The zero-order valence-electron chi connectivity index (χ0n) is 10.8. The lowest BCUT2D eigenvalue weighted by Crippen LogP contribution is -2.21. The molecule has 1 unspecified atom stereocenters. The molecule has 1 amide bonds. The number of rotatable bonds is 2. The summed E-state index contributed by atoms with van der Waals surface area (Å²) in [4.78, 5) is 19.9. The summed E-state index contributed by atoms with van der Waals surface area (Å²) >= 11 is 1.37. The van der Waals surface area contributed by atoms with Crippen molar-refractivity contribution in [1.29, 1.82) is 0 Å². The second kappa shape index (κ2) is 4.61. The molecule has 3 rings (SSSR count). The van der Waals surface area contributed by atoms with Gasteiger partial charge in [0.25, 0.3) is 0 Å². The van der Waals surface area contributed by atoms with Gasteiger partial charge < -0.3 is 16.8 Å². The van der Waals surface area contributed by atoms with Gasteiger partial charge in [-0.2, -0.15) is 4.99 Å². The van der Waals surface area contributed by atoms with Gasteiger partial charge in [0, 0.05) is 16.6 Å². The number of hydrogen-bond acceptors (Lipinski definition) is 4. The van der Waals surface area contributed by atoms with Gasteiger partial charge in [0.05, 0.1) is 11.6 Å². The summed E-state index contributed by atoms with van der Waals surface area (Å²) in [5, 5.41) is 5.25. The average molecular weight is 287 g/mol. The van der Waals surface area contributed by atoms with Crippen LogP contribution in [0.2, 0.25) is 0 Å². The molecule has 2 aromatic rings. The third kappa shape index (κ3) is 2.12. The molecule has 0 aliphatic carbocycles. The van der Waals surface area contributed by atoms with Gasteiger partial charge in [-0.3, -0.25) is 4.79 Å². The van der Waals surface area contributed by atoms with Gasteiger partial charge in [-0.05, 0) is 24.6 Å². The summed E-state index contributed by atoms with van der Waals surface area (Å²) in [6.07, 6.45) is 0. The number of benzene rings is 1. The van der Waals surface area contributed by atoms with Crippen LogP contribution in [0.5, 0.6) is 0 Å². The smallest absolute Gasteiger partial charge is 0.231 e. The number of carbonyl (C=O) groups excluding carboxylic acids is 1. The van der Waals surface area contributed by atoms with E-state index in [1.807, 2.05) is 30.5 Å². The van der Waals surface area contributed by atoms with Crippen LogP contribution in [0.15, 0.2) is 28.6 Å². The van der Waals surface area contributed by atoms with Crippen molar-refractivity contribution in [2.75, 3.05) is 5.32 Å². The molecule has 0 saturated carbocycles. The second-order valence-electron chi connectivity index (χ2n) is 4.56. The summed E-state index contributed by atoms with van der Waals surface area (Å²) in [6, 6.07) is 5.80. The lowest BCUT2D eigenvalue weighted by molar-refractivity contribution is -0.116. The van der Waals surface area contributed by atoms with Crippen molar-refractivity contribution in [3.63, 3.8) is 0 Å². The van der Waals surface area contributed by atoms with Crippen LogP contribution in [-0.2, 0) is 4.79 Å².